The molecule has 1 rings (SSSR count). The number of hydrogen-bond donors (Lipinski definition) is 1. The lowest BCUT2D eigenvalue weighted by atomic mass is 10.4. The summed E-state index contributed by atoms with van der Waals surface area (Å²) < 4.78 is 17.2. The van der Waals surface area contributed by atoms with Crippen molar-refractivity contribution in [3.8, 4) is 0 Å². The zero-order chi connectivity index (χ0) is 9.73. The van der Waals surface area contributed by atoms with Crippen LogP contribution in [0.3, 0.4) is 0 Å². The van der Waals surface area contributed by atoms with Crippen molar-refractivity contribution >= 4 is 12.7 Å². The molecular weight excluding hydrogens is 185 g/mol. The summed E-state index contributed by atoms with van der Waals surface area (Å²) in [6.45, 7) is 2.23. The molecule has 4 heteroatoms. The standard InChI is InChI=1S/C9H14NO2P/c1-2-12-13(11,8-10)9-6-4-3-5-7-9/h3-7H,2,8,10H2,1H3. The second-order valence-corrected chi connectivity index (χ2v) is 5.10. The fraction of sp³-hybridized carbons (Fsp3) is 0.333. The molecule has 0 amide bonds. The van der Waals surface area contributed by atoms with Crippen LogP contribution >= 0.6 is 7.37 Å². The Morgan fingerprint density at radius 1 is 1.38 bits per heavy atom. The molecule has 0 bridgehead atoms. The summed E-state index contributed by atoms with van der Waals surface area (Å²) in [7, 11) is -2.77. The van der Waals surface area contributed by atoms with Gasteiger partial charge in [-0.25, -0.2) is 0 Å². The van der Waals surface area contributed by atoms with Gasteiger partial charge >= 0.3 is 0 Å². The van der Waals surface area contributed by atoms with Gasteiger partial charge in [-0.2, -0.15) is 0 Å². The molecular formula is C9H14NO2P. The Kier molecular flexibility index (Phi) is 3.67. The molecule has 0 saturated heterocycles. The van der Waals surface area contributed by atoms with E-state index in [1.165, 1.54) is 0 Å². The first kappa shape index (κ1) is 10.5. The molecule has 0 fully saturated rings. The monoisotopic (exact) mass is 199 g/mol. The first-order chi connectivity index (χ1) is 6.23. The quantitative estimate of drug-likeness (QED) is 0.748. The van der Waals surface area contributed by atoms with E-state index < -0.39 is 7.37 Å². The third kappa shape index (κ3) is 2.41. The van der Waals surface area contributed by atoms with E-state index in [4.69, 9.17) is 10.3 Å². The number of benzene rings is 1. The van der Waals surface area contributed by atoms with Crippen molar-refractivity contribution in [2.24, 2.45) is 5.73 Å². The topological polar surface area (TPSA) is 52.3 Å². The molecule has 1 unspecified atom stereocenters. The first-order valence-corrected chi connectivity index (χ1v) is 6.03. The van der Waals surface area contributed by atoms with Crippen molar-refractivity contribution in [3.05, 3.63) is 30.3 Å². The van der Waals surface area contributed by atoms with Crippen LogP contribution in [0, 0.1) is 0 Å². The summed E-state index contributed by atoms with van der Waals surface area (Å²) in [6.07, 6.45) is 0.0604. The summed E-state index contributed by atoms with van der Waals surface area (Å²) in [5, 5.41) is 0.694. The minimum absolute atomic E-state index is 0.0604. The van der Waals surface area contributed by atoms with Crippen LogP contribution in [0.5, 0.6) is 0 Å². The third-order valence-electron chi connectivity index (χ3n) is 1.73. The largest absolute Gasteiger partial charge is 0.325 e. The van der Waals surface area contributed by atoms with Crippen LogP contribution in [0.25, 0.3) is 0 Å². The van der Waals surface area contributed by atoms with E-state index in [1.807, 2.05) is 25.1 Å². The SMILES string of the molecule is CCOP(=O)(CN)c1ccccc1. The Morgan fingerprint density at radius 2 is 2.00 bits per heavy atom. The van der Waals surface area contributed by atoms with Crippen LogP contribution in [0.2, 0.25) is 0 Å². The second-order valence-electron chi connectivity index (χ2n) is 2.61. The van der Waals surface area contributed by atoms with Crippen molar-refractivity contribution in [3.63, 3.8) is 0 Å². The van der Waals surface area contributed by atoms with Gasteiger partial charge < -0.3 is 10.3 Å². The van der Waals surface area contributed by atoms with E-state index in [9.17, 15) is 4.57 Å². The van der Waals surface area contributed by atoms with Crippen LogP contribution in [0.15, 0.2) is 30.3 Å². The molecule has 1 atom stereocenters. The average Bonchev–Trinajstić information content (AvgIpc) is 2.19. The summed E-state index contributed by atoms with van der Waals surface area (Å²) in [5.74, 6) is 0. The molecule has 0 radical (unpaired) electrons. The summed E-state index contributed by atoms with van der Waals surface area (Å²) in [6, 6.07) is 9.09. The van der Waals surface area contributed by atoms with Gasteiger partial charge in [-0.1, -0.05) is 18.2 Å². The Morgan fingerprint density at radius 3 is 2.46 bits per heavy atom. The molecule has 0 saturated carbocycles. The van der Waals surface area contributed by atoms with Crippen molar-refractivity contribution in [2.75, 3.05) is 12.9 Å². The summed E-state index contributed by atoms with van der Waals surface area (Å²) in [5.41, 5.74) is 5.44. The van der Waals surface area contributed by atoms with Gasteiger partial charge in [-0.3, -0.25) is 4.57 Å². The fourth-order valence-electron chi connectivity index (χ4n) is 1.10. The smallest absolute Gasteiger partial charge is 0.245 e. The Labute approximate surface area is 78.4 Å². The minimum Gasteiger partial charge on any atom is -0.325 e. The lowest BCUT2D eigenvalue weighted by Crippen LogP contribution is -2.14. The summed E-state index contributed by atoms with van der Waals surface area (Å²) >= 11 is 0. The number of rotatable bonds is 4. The van der Waals surface area contributed by atoms with Gasteiger partial charge in [0, 0.05) is 5.30 Å². The average molecular weight is 199 g/mol. The highest BCUT2D eigenvalue weighted by Crippen LogP contribution is 2.43. The zero-order valence-electron chi connectivity index (χ0n) is 7.64. The molecule has 1 aromatic carbocycles. The van der Waals surface area contributed by atoms with E-state index >= 15 is 0 Å². The van der Waals surface area contributed by atoms with E-state index in [2.05, 4.69) is 0 Å². The molecule has 13 heavy (non-hydrogen) atoms. The fourth-order valence-corrected chi connectivity index (χ4v) is 2.61. The Balaban J connectivity index is 2.96. The van der Waals surface area contributed by atoms with Gasteiger partial charge in [0.05, 0.1) is 12.9 Å². The molecule has 72 valence electrons. The molecule has 3 nitrogen and oxygen atoms in total. The molecule has 0 heterocycles. The van der Waals surface area contributed by atoms with Crippen molar-refractivity contribution < 1.29 is 9.09 Å². The van der Waals surface area contributed by atoms with E-state index in [-0.39, 0.29) is 6.29 Å². The van der Waals surface area contributed by atoms with Crippen LogP contribution in [0.1, 0.15) is 6.92 Å². The van der Waals surface area contributed by atoms with Crippen molar-refractivity contribution in [1.82, 2.24) is 0 Å². The van der Waals surface area contributed by atoms with Crippen LogP contribution in [-0.2, 0) is 9.09 Å². The lowest BCUT2D eigenvalue weighted by molar-refractivity contribution is 0.341. The highest BCUT2D eigenvalue weighted by molar-refractivity contribution is 7.66. The van der Waals surface area contributed by atoms with Crippen molar-refractivity contribution in [2.45, 2.75) is 6.92 Å². The van der Waals surface area contributed by atoms with Crippen LogP contribution in [0.4, 0.5) is 0 Å². The van der Waals surface area contributed by atoms with Gasteiger partial charge in [-0.15, -0.1) is 0 Å². The first-order valence-electron chi connectivity index (χ1n) is 4.22. The molecule has 0 aromatic heterocycles. The molecule has 0 spiro atoms. The van der Waals surface area contributed by atoms with Gasteiger partial charge in [0.2, 0.25) is 7.37 Å². The molecule has 0 aliphatic rings. The Hall–Kier alpha value is -0.630. The highest BCUT2D eigenvalue weighted by atomic mass is 31.2. The molecule has 1 aromatic rings. The predicted molar refractivity (Wildman–Crippen MR) is 54.4 cm³/mol. The maximum Gasteiger partial charge on any atom is 0.245 e. The van der Waals surface area contributed by atoms with Gasteiger partial charge in [0.1, 0.15) is 0 Å². The molecule has 0 aliphatic carbocycles. The Bertz CT molecular complexity index is 300. The van der Waals surface area contributed by atoms with Crippen LogP contribution < -0.4 is 11.0 Å². The van der Waals surface area contributed by atoms with Crippen molar-refractivity contribution in [1.29, 1.82) is 0 Å². The minimum atomic E-state index is -2.77. The summed E-state index contributed by atoms with van der Waals surface area (Å²) in [4.78, 5) is 0. The normalized spacial score (nSPS) is 15.2. The maximum atomic E-state index is 12.0. The third-order valence-corrected chi connectivity index (χ3v) is 3.97. The zero-order valence-corrected chi connectivity index (χ0v) is 8.54. The maximum absolute atomic E-state index is 12.0. The van der Waals surface area contributed by atoms with Gasteiger partial charge in [0.25, 0.3) is 0 Å². The molecule has 0 aliphatic heterocycles. The van der Waals surface area contributed by atoms with E-state index in [0.29, 0.717) is 11.9 Å². The second kappa shape index (κ2) is 4.56. The molecule has 2 N–H and O–H groups in total. The van der Waals surface area contributed by atoms with E-state index in [0.717, 1.165) is 0 Å². The van der Waals surface area contributed by atoms with Crippen LogP contribution in [-0.4, -0.2) is 12.9 Å². The lowest BCUT2D eigenvalue weighted by Gasteiger charge is -2.15. The number of nitrogens with two attached hydrogens (primary N) is 1. The highest BCUT2D eigenvalue weighted by Gasteiger charge is 2.22. The van der Waals surface area contributed by atoms with E-state index in [1.54, 1.807) is 12.1 Å². The predicted octanol–water partition coefficient (Wildman–Crippen LogP) is 1.54. The van der Waals surface area contributed by atoms with Gasteiger partial charge in [-0.05, 0) is 19.1 Å². The van der Waals surface area contributed by atoms with Gasteiger partial charge in [0.15, 0.2) is 0 Å². The number of hydrogen-bond acceptors (Lipinski definition) is 3.